The van der Waals surface area contributed by atoms with Crippen molar-refractivity contribution in [3.05, 3.63) is 105 Å². The van der Waals surface area contributed by atoms with E-state index >= 15 is 0 Å². The van der Waals surface area contributed by atoms with Crippen LogP contribution in [0.15, 0.2) is 83.0 Å². The SMILES string of the molecule is [N-]=[N+]=NC(C=CC(N=[N+]=[N-])c1ccccc1)c1ccccc1. The van der Waals surface area contributed by atoms with Gasteiger partial charge in [-0.05, 0) is 22.2 Å². The van der Waals surface area contributed by atoms with Crippen molar-refractivity contribution >= 4 is 0 Å². The Kier molecular flexibility index (Phi) is 5.64. The van der Waals surface area contributed by atoms with E-state index in [0.29, 0.717) is 0 Å². The largest absolute Gasteiger partial charge is 0.0818 e. The van der Waals surface area contributed by atoms with Crippen LogP contribution in [-0.4, -0.2) is 0 Å². The molecule has 0 radical (unpaired) electrons. The minimum Gasteiger partial charge on any atom is -0.0818 e. The lowest BCUT2D eigenvalue weighted by Crippen LogP contribution is -1.93. The average molecular weight is 290 g/mol. The van der Waals surface area contributed by atoms with Gasteiger partial charge in [0.2, 0.25) is 0 Å². The van der Waals surface area contributed by atoms with Gasteiger partial charge < -0.3 is 0 Å². The van der Waals surface area contributed by atoms with Crippen LogP contribution in [-0.2, 0) is 0 Å². The fourth-order valence-electron chi connectivity index (χ4n) is 2.05. The summed E-state index contributed by atoms with van der Waals surface area (Å²) in [5.41, 5.74) is 19.2. The third-order valence-corrected chi connectivity index (χ3v) is 3.11. The quantitative estimate of drug-likeness (QED) is 0.284. The first kappa shape index (κ1) is 15.2. The molecule has 0 fully saturated rings. The van der Waals surface area contributed by atoms with E-state index in [0.717, 1.165) is 11.1 Å². The van der Waals surface area contributed by atoms with Gasteiger partial charge in [-0.2, -0.15) is 0 Å². The van der Waals surface area contributed by atoms with Gasteiger partial charge in [-0.25, -0.2) is 0 Å². The number of rotatable bonds is 6. The Morgan fingerprint density at radius 1 is 0.682 bits per heavy atom. The molecule has 108 valence electrons. The molecule has 0 heterocycles. The summed E-state index contributed by atoms with van der Waals surface area (Å²) in [6.07, 6.45) is 3.50. The van der Waals surface area contributed by atoms with Crippen molar-refractivity contribution in [3.63, 3.8) is 0 Å². The highest BCUT2D eigenvalue weighted by atomic mass is 15.2. The molecule has 0 N–H and O–H groups in total. The lowest BCUT2D eigenvalue weighted by Gasteiger charge is -2.09. The van der Waals surface area contributed by atoms with E-state index in [1.54, 1.807) is 12.2 Å². The third-order valence-electron chi connectivity index (χ3n) is 3.11. The minimum absolute atomic E-state index is 0.439. The average Bonchev–Trinajstić information content (AvgIpc) is 2.59. The van der Waals surface area contributed by atoms with Crippen LogP contribution in [0, 0.1) is 0 Å². The number of nitrogens with zero attached hydrogens (tertiary/aromatic N) is 6. The maximum absolute atomic E-state index is 8.73. The molecule has 0 aliphatic rings. The van der Waals surface area contributed by atoms with Gasteiger partial charge in [0.25, 0.3) is 0 Å². The highest BCUT2D eigenvalue weighted by molar-refractivity contribution is 5.27. The summed E-state index contributed by atoms with van der Waals surface area (Å²) in [6, 6.07) is 18.0. The Balaban J connectivity index is 2.28. The number of hydrogen-bond acceptors (Lipinski definition) is 2. The molecule has 0 aliphatic carbocycles. The van der Waals surface area contributed by atoms with Crippen LogP contribution in [0.1, 0.15) is 23.2 Å². The van der Waals surface area contributed by atoms with Crippen molar-refractivity contribution in [3.8, 4) is 0 Å². The Bertz CT molecular complexity index is 649. The van der Waals surface area contributed by atoms with Crippen LogP contribution in [0.2, 0.25) is 0 Å². The van der Waals surface area contributed by atoms with Crippen LogP contribution in [0.3, 0.4) is 0 Å². The van der Waals surface area contributed by atoms with Crippen molar-refractivity contribution in [1.82, 2.24) is 0 Å². The first-order chi connectivity index (χ1) is 10.8. The molecule has 0 bridgehead atoms. The lowest BCUT2D eigenvalue weighted by molar-refractivity contribution is 0.849. The van der Waals surface area contributed by atoms with Crippen molar-refractivity contribution in [2.75, 3.05) is 0 Å². The Morgan fingerprint density at radius 3 is 1.36 bits per heavy atom. The van der Waals surface area contributed by atoms with Crippen molar-refractivity contribution < 1.29 is 0 Å². The van der Waals surface area contributed by atoms with E-state index in [2.05, 4.69) is 20.1 Å². The molecule has 6 heteroatoms. The predicted octanol–water partition coefficient (Wildman–Crippen LogP) is 5.65. The van der Waals surface area contributed by atoms with E-state index in [1.165, 1.54) is 0 Å². The molecule has 2 aromatic rings. The van der Waals surface area contributed by atoms with Gasteiger partial charge in [-0.3, -0.25) is 0 Å². The Morgan fingerprint density at radius 2 is 1.05 bits per heavy atom. The van der Waals surface area contributed by atoms with Crippen molar-refractivity contribution in [1.29, 1.82) is 0 Å². The van der Waals surface area contributed by atoms with Gasteiger partial charge in [-0.15, -0.1) is 0 Å². The predicted molar refractivity (Wildman–Crippen MR) is 85.8 cm³/mol. The Labute approximate surface area is 128 Å². The summed E-state index contributed by atoms with van der Waals surface area (Å²) in [6.45, 7) is 0. The summed E-state index contributed by atoms with van der Waals surface area (Å²) >= 11 is 0. The summed E-state index contributed by atoms with van der Waals surface area (Å²) in [5, 5.41) is 7.56. The maximum Gasteiger partial charge on any atom is 0.0806 e. The summed E-state index contributed by atoms with van der Waals surface area (Å²) in [4.78, 5) is 5.76. The van der Waals surface area contributed by atoms with Crippen LogP contribution in [0.25, 0.3) is 20.9 Å². The summed E-state index contributed by atoms with van der Waals surface area (Å²) in [5.74, 6) is 0. The second-order valence-corrected chi connectivity index (χ2v) is 4.51. The molecule has 22 heavy (non-hydrogen) atoms. The molecule has 2 aromatic carbocycles. The number of benzene rings is 2. The molecule has 0 saturated heterocycles. The number of azide groups is 2. The molecule has 0 saturated carbocycles. The van der Waals surface area contributed by atoms with E-state index in [9.17, 15) is 0 Å². The normalized spacial score (nSPS) is 12.9. The Hall–Kier alpha value is -3.20. The van der Waals surface area contributed by atoms with Crippen LogP contribution < -0.4 is 0 Å². The second-order valence-electron chi connectivity index (χ2n) is 4.51. The molecule has 6 nitrogen and oxygen atoms in total. The summed E-state index contributed by atoms with van der Waals surface area (Å²) < 4.78 is 0. The minimum atomic E-state index is -0.439. The first-order valence-electron chi connectivity index (χ1n) is 6.72. The van der Waals surface area contributed by atoms with E-state index in [1.807, 2.05) is 60.7 Å². The summed E-state index contributed by atoms with van der Waals surface area (Å²) in [7, 11) is 0. The molecule has 2 rings (SSSR count). The van der Waals surface area contributed by atoms with Crippen molar-refractivity contribution in [2.45, 2.75) is 12.1 Å². The molecule has 0 amide bonds. The zero-order valence-electron chi connectivity index (χ0n) is 11.8. The van der Waals surface area contributed by atoms with Crippen LogP contribution >= 0.6 is 0 Å². The zero-order valence-corrected chi connectivity index (χ0v) is 11.8. The first-order valence-corrected chi connectivity index (χ1v) is 6.72. The van der Waals surface area contributed by atoms with Crippen LogP contribution in [0.4, 0.5) is 0 Å². The van der Waals surface area contributed by atoms with Gasteiger partial charge >= 0.3 is 0 Å². The van der Waals surface area contributed by atoms with Gasteiger partial charge in [0.15, 0.2) is 0 Å². The smallest absolute Gasteiger partial charge is 0.0806 e. The van der Waals surface area contributed by atoms with E-state index in [-0.39, 0.29) is 0 Å². The zero-order chi connectivity index (χ0) is 15.6. The molecule has 2 unspecified atom stereocenters. The fourth-order valence-corrected chi connectivity index (χ4v) is 2.05. The molecule has 0 spiro atoms. The standard InChI is InChI=1S/C16H14N6/c17-21-19-15(13-7-3-1-4-8-13)11-12-16(20-22-18)14-9-5-2-6-10-14/h1-12,15-16H. The lowest BCUT2D eigenvalue weighted by atomic mass is 10.0. The molecular formula is C16H14N6. The monoisotopic (exact) mass is 290 g/mol. The molecular weight excluding hydrogens is 276 g/mol. The molecule has 2 atom stereocenters. The maximum atomic E-state index is 8.73. The van der Waals surface area contributed by atoms with Crippen molar-refractivity contribution in [2.24, 2.45) is 10.2 Å². The highest BCUT2D eigenvalue weighted by Crippen LogP contribution is 2.24. The third kappa shape index (κ3) is 4.15. The van der Waals surface area contributed by atoms with Gasteiger partial charge in [0.05, 0.1) is 12.1 Å². The van der Waals surface area contributed by atoms with Gasteiger partial charge in [0.1, 0.15) is 0 Å². The van der Waals surface area contributed by atoms with E-state index < -0.39 is 12.1 Å². The highest BCUT2D eigenvalue weighted by Gasteiger charge is 2.08. The molecule has 0 aromatic heterocycles. The number of hydrogen-bond donors (Lipinski definition) is 0. The fraction of sp³-hybridized carbons (Fsp3) is 0.125. The van der Waals surface area contributed by atoms with Gasteiger partial charge in [-0.1, -0.05) is 83.0 Å². The van der Waals surface area contributed by atoms with E-state index in [4.69, 9.17) is 11.1 Å². The topological polar surface area (TPSA) is 97.5 Å². The molecule has 0 aliphatic heterocycles. The van der Waals surface area contributed by atoms with Crippen LogP contribution in [0.5, 0.6) is 0 Å². The second kappa shape index (κ2) is 8.17. The van der Waals surface area contributed by atoms with Gasteiger partial charge in [0, 0.05) is 9.82 Å².